The number of nitrogens with zero attached hydrogens (tertiary/aromatic N) is 6. The Morgan fingerprint density at radius 3 is 1.88 bits per heavy atom. The van der Waals surface area contributed by atoms with Gasteiger partial charge >= 0.3 is 0 Å². The van der Waals surface area contributed by atoms with Crippen LogP contribution in [0.3, 0.4) is 0 Å². The number of aromatic nitrogens is 2. The third-order valence-corrected chi connectivity index (χ3v) is 12.0. The first-order chi connectivity index (χ1) is 24.1. The summed E-state index contributed by atoms with van der Waals surface area (Å²) in [7, 11) is 0. The Balaban J connectivity index is 1.16. The lowest BCUT2D eigenvalue weighted by molar-refractivity contribution is 0.374. The lowest BCUT2D eigenvalue weighted by Crippen LogP contribution is -2.50. The first kappa shape index (κ1) is 27.1. The van der Waals surface area contributed by atoms with E-state index in [1.165, 1.54) is 39.3 Å². The second kappa shape index (κ2) is 9.38. The number of rotatable bonds is 2. The van der Waals surface area contributed by atoms with Crippen LogP contribution in [-0.4, -0.2) is 22.3 Å². The maximum Gasteiger partial charge on any atom is 0.179 e. The van der Waals surface area contributed by atoms with Gasteiger partial charge in [-0.15, -0.1) is 0 Å². The van der Waals surface area contributed by atoms with Crippen molar-refractivity contribution >= 4 is 51.0 Å². The molecule has 0 bridgehead atoms. The van der Waals surface area contributed by atoms with Crippen LogP contribution in [0.25, 0.3) is 16.6 Å². The van der Waals surface area contributed by atoms with Gasteiger partial charge in [0.1, 0.15) is 12.3 Å². The molecule has 0 N–H and O–H groups in total. The molecule has 6 heteroatoms. The van der Waals surface area contributed by atoms with E-state index in [-0.39, 0.29) is 23.2 Å². The average molecular weight is 635 g/mol. The van der Waals surface area contributed by atoms with Crippen LogP contribution in [0.4, 0.5) is 34.4 Å². The number of hydrogen-bond donors (Lipinski definition) is 0. The molecule has 5 aromatic carbocycles. The van der Waals surface area contributed by atoms with E-state index in [2.05, 4.69) is 167 Å². The van der Waals surface area contributed by atoms with Gasteiger partial charge in [-0.3, -0.25) is 0 Å². The maximum absolute atomic E-state index is 5.30. The van der Waals surface area contributed by atoms with Crippen molar-refractivity contribution in [2.75, 3.05) is 19.6 Å². The van der Waals surface area contributed by atoms with Gasteiger partial charge < -0.3 is 19.6 Å². The lowest BCUT2D eigenvalue weighted by atomic mass is 9.81. The summed E-state index contributed by atoms with van der Waals surface area (Å²) in [6.07, 6.45) is 5.50. The van der Waals surface area contributed by atoms with Crippen LogP contribution in [0.15, 0.2) is 151 Å². The van der Waals surface area contributed by atoms with E-state index in [0.29, 0.717) is 0 Å². The first-order valence-corrected chi connectivity index (χ1v) is 17.2. The van der Waals surface area contributed by atoms with Crippen molar-refractivity contribution in [1.82, 2.24) is 9.97 Å². The zero-order chi connectivity index (χ0) is 32.5. The minimum absolute atomic E-state index is 0.0141. The molecule has 11 rings (SSSR count). The minimum atomic E-state index is -0.153. The summed E-state index contributed by atoms with van der Waals surface area (Å²) in [6, 6.07) is 47.8. The summed E-state index contributed by atoms with van der Waals surface area (Å²) in [5, 5.41) is 0. The summed E-state index contributed by atoms with van der Waals surface area (Å²) in [5.41, 5.74) is 12.0. The Bertz CT molecular complexity index is 2400. The molecule has 0 saturated heterocycles. The number of fused-ring (bicyclic) bond motifs is 12. The van der Waals surface area contributed by atoms with Gasteiger partial charge in [0.2, 0.25) is 0 Å². The minimum Gasteiger partial charge on any atom is -0.324 e. The van der Waals surface area contributed by atoms with Gasteiger partial charge in [0.25, 0.3) is 0 Å². The number of anilines is 6. The Labute approximate surface area is 285 Å². The zero-order valence-corrected chi connectivity index (χ0v) is 27.4. The molecular weight excluding hydrogens is 601 g/mol. The number of benzene rings is 5. The molecule has 0 amide bonds. The van der Waals surface area contributed by atoms with Crippen LogP contribution in [0.5, 0.6) is 0 Å². The molecule has 5 heterocycles. The zero-order valence-electron chi connectivity index (χ0n) is 27.4. The van der Waals surface area contributed by atoms with E-state index in [1.54, 1.807) is 0 Å². The van der Waals surface area contributed by atoms with Gasteiger partial charge in [0, 0.05) is 52.3 Å². The van der Waals surface area contributed by atoms with Crippen LogP contribution in [-0.2, 0) is 5.41 Å². The van der Waals surface area contributed by atoms with Gasteiger partial charge in [-0.25, -0.2) is 9.97 Å². The van der Waals surface area contributed by atoms with Gasteiger partial charge in [0.05, 0.1) is 16.7 Å². The predicted molar refractivity (Wildman–Crippen MR) is 198 cm³/mol. The van der Waals surface area contributed by atoms with Crippen LogP contribution in [0, 0.1) is 5.41 Å². The van der Waals surface area contributed by atoms with Gasteiger partial charge in [-0.05, 0) is 65.2 Å². The molecular formula is C43H34N6. The fourth-order valence-electron chi connectivity index (χ4n) is 9.80. The van der Waals surface area contributed by atoms with Crippen molar-refractivity contribution in [3.8, 4) is 0 Å². The van der Waals surface area contributed by atoms with E-state index in [0.717, 1.165) is 34.8 Å². The molecule has 6 aromatic rings. The van der Waals surface area contributed by atoms with Crippen LogP contribution >= 0.6 is 0 Å². The molecule has 1 aliphatic carbocycles. The Morgan fingerprint density at radius 1 is 0.571 bits per heavy atom. The van der Waals surface area contributed by atoms with Crippen LogP contribution < -0.4 is 19.6 Å². The molecule has 0 radical (unpaired) electrons. The van der Waals surface area contributed by atoms with Crippen molar-refractivity contribution < 1.29 is 0 Å². The topological polar surface area (TPSA) is 38.7 Å². The van der Waals surface area contributed by atoms with Gasteiger partial charge in [-0.1, -0.05) is 98.8 Å². The average Bonchev–Trinajstić information content (AvgIpc) is 3.44. The van der Waals surface area contributed by atoms with Crippen LogP contribution in [0.1, 0.15) is 31.4 Å². The fraction of sp³-hybridized carbons (Fsp3) is 0.163. The lowest BCUT2D eigenvalue weighted by Gasteiger charge is -2.44. The third-order valence-electron chi connectivity index (χ3n) is 12.0. The number of hydrogen-bond acceptors (Lipinski definition) is 6. The molecule has 236 valence electrons. The highest BCUT2D eigenvalue weighted by Gasteiger charge is 2.77. The highest BCUT2D eigenvalue weighted by Crippen LogP contribution is 2.78. The first-order valence-electron chi connectivity index (χ1n) is 17.2. The molecule has 1 saturated carbocycles. The Hall–Kier alpha value is -5.88. The summed E-state index contributed by atoms with van der Waals surface area (Å²) < 4.78 is 0. The standard InChI is InChI=1S/C43H34N6/c1-42-32-20-10-14-24-36(32)47-26-25-46(28-15-5-3-6-16-28)41(47)43(42,2)38(42)31-27-37-48(29-17-7-4-8-18-29)39-40(45-34-22-12-11-21-33(34)44-39)49(37)35-23-13-9-19-30(31)35/h3-26,37,41H,27H2,1-2H3/b38-31+. The van der Waals surface area contributed by atoms with E-state index in [9.17, 15) is 0 Å². The van der Waals surface area contributed by atoms with Crippen molar-refractivity contribution in [3.63, 3.8) is 0 Å². The fourth-order valence-corrected chi connectivity index (χ4v) is 9.80. The monoisotopic (exact) mass is 634 g/mol. The molecule has 4 atom stereocenters. The molecule has 5 aliphatic rings. The normalized spacial score (nSPS) is 27.0. The Kier molecular flexibility index (Phi) is 5.19. The molecule has 0 spiro atoms. The Morgan fingerprint density at radius 2 is 1.14 bits per heavy atom. The highest BCUT2D eigenvalue weighted by atomic mass is 15.5. The summed E-state index contributed by atoms with van der Waals surface area (Å²) in [5.74, 6) is 1.83. The van der Waals surface area contributed by atoms with Crippen LogP contribution in [0.2, 0.25) is 0 Å². The second-order valence-electron chi connectivity index (χ2n) is 14.2. The second-order valence-corrected chi connectivity index (χ2v) is 14.2. The maximum atomic E-state index is 5.30. The third kappa shape index (κ3) is 3.31. The van der Waals surface area contributed by atoms with Crippen molar-refractivity contribution in [2.24, 2.45) is 5.41 Å². The molecule has 4 aliphatic heterocycles. The summed E-state index contributed by atoms with van der Waals surface area (Å²) >= 11 is 0. The van der Waals surface area contributed by atoms with E-state index in [4.69, 9.17) is 9.97 Å². The van der Waals surface area contributed by atoms with Gasteiger partial charge in [-0.2, -0.15) is 0 Å². The quantitative estimate of drug-likeness (QED) is 0.189. The van der Waals surface area contributed by atoms with Crippen molar-refractivity contribution in [1.29, 1.82) is 0 Å². The summed E-state index contributed by atoms with van der Waals surface area (Å²) in [6.45, 7) is 5.01. The molecule has 4 unspecified atom stereocenters. The van der Waals surface area contributed by atoms with Crippen molar-refractivity contribution in [2.45, 2.75) is 38.0 Å². The summed E-state index contributed by atoms with van der Waals surface area (Å²) in [4.78, 5) is 20.5. The molecule has 6 nitrogen and oxygen atoms in total. The highest BCUT2D eigenvalue weighted by molar-refractivity contribution is 5.98. The predicted octanol–water partition coefficient (Wildman–Crippen LogP) is 9.52. The van der Waals surface area contributed by atoms with E-state index >= 15 is 0 Å². The number of para-hydroxylation sites is 6. The SMILES string of the molecule is CC12/C(=C3/CC4N(c5ccccc5)c5nc6ccccc6nc5N4c4ccccc43)C1(C)C1N(c3ccccc3)C=CN1c1ccccc12. The molecule has 49 heavy (non-hydrogen) atoms. The smallest absolute Gasteiger partial charge is 0.179 e. The van der Waals surface area contributed by atoms with E-state index in [1.807, 2.05) is 12.1 Å². The molecule has 1 aromatic heterocycles. The van der Waals surface area contributed by atoms with Crippen molar-refractivity contribution in [3.05, 3.63) is 163 Å². The largest absolute Gasteiger partial charge is 0.324 e. The molecule has 1 fully saturated rings. The van der Waals surface area contributed by atoms with Gasteiger partial charge in [0.15, 0.2) is 11.6 Å². The van der Waals surface area contributed by atoms with E-state index < -0.39 is 0 Å².